The van der Waals surface area contributed by atoms with Gasteiger partial charge in [0, 0.05) is 18.2 Å². The first-order chi connectivity index (χ1) is 8.45. The van der Waals surface area contributed by atoms with Gasteiger partial charge in [0.25, 0.3) is 11.6 Å². The van der Waals surface area contributed by atoms with E-state index >= 15 is 0 Å². The molecular formula is C12H15ClN2O3. The summed E-state index contributed by atoms with van der Waals surface area (Å²) in [5.41, 5.74) is 0.128. The number of nitro groups is 1. The van der Waals surface area contributed by atoms with Crippen LogP contribution in [-0.2, 0) is 0 Å². The lowest BCUT2D eigenvalue weighted by Crippen LogP contribution is -2.32. The summed E-state index contributed by atoms with van der Waals surface area (Å²) < 4.78 is 0. The fourth-order valence-corrected chi connectivity index (χ4v) is 1.87. The number of halogens is 1. The third-order valence-electron chi connectivity index (χ3n) is 2.51. The number of nitro benzene ring substituents is 1. The van der Waals surface area contributed by atoms with Gasteiger partial charge in [-0.25, -0.2) is 0 Å². The fourth-order valence-electron chi connectivity index (χ4n) is 1.61. The quantitative estimate of drug-likeness (QED) is 0.660. The number of non-ortho nitro benzene ring substituents is 1. The third-order valence-corrected chi connectivity index (χ3v) is 2.82. The lowest BCUT2D eigenvalue weighted by atomic mass is 10.1. The zero-order valence-corrected chi connectivity index (χ0v) is 11.0. The molecule has 0 saturated carbocycles. The Labute approximate surface area is 110 Å². The van der Waals surface area contributed by atoms with Gasteiger partial charge in [0.1, 0.15) is 0 Å². The topological polar surface area (TPSA) is 72.2 Å². The largest absolute Gasteiger partial charge is 0.350 e. The van der Waals surface area contributed by atoms with Gasteiger partial charge in [0.15, 0.2) is 0 Å². The molecule has 1 amide bonds. The van der Waals surface area contributed by atoms with Crippen LogP contribution in [-0.4, -0.2) is 16.9 Å². The van der Waals surface area contributed by atoms with Gasteiger partial charge in [-0.15, -0.1) is 0 Å². The molecule has 0 aromatic heterocycles. The summed E-state index contributed by atoms with van der Waals surface area (Å²) in [5.74, 6) is -0.309. The molecule has 1 N–H and O–H groups in total. The second-order valence-corrected chi connectivity index (χ2v) is 4.49. The molecule has 0 radical (unpaired) electrons. The summed E-state index contributed by atoms with van der Waals surface area (Å²) >= 11 is 5.86. The van der Waals surface area contributed by atoms with Crippen molar-refractivity contribution in [3.8, 4) is 0 Å². The molecule has 0 aliphatic heterocycles. The highest BCUT2D eigenvalue weighted by Crippen LogP contribution is 2.22. The van der Waals surface area contributed by atoms with Crippen LogP contribution in [0.3, 0.4) is 0 Å². The highest BCUT2D eigenvalue weighted by Gasteiger charge is 2.16. The van der Waals surface area contributed by atoms with E-state index in [1.54, 1.807) is 0 Å². The first-order valence-corrected chi connectivity index (χ1v) is 6.08. The molecule has 0 fully saturated rings. The van der Waals surface area contributed by atoms with Gasteiger partial charge < -0.3 is 5.32 Å². The van der Waals surface area contributed by atoms with Crippen molar-refractivity contribution in [1.29, 1.82) is 0 Å². The van der Waals surface area contributed by atoms with Crippen LogP contribution in [0.2, 0.25) is 5.02 Å². The standard InChI is InChI=1S/C12H15ClN2O3/c1-3-4-8(2)14-12(16)10-6-5-9(15(17)18)7-11(10)13/h5-8H,3-4H2,1-2H3,(H,14,16)/t8-/m1/s1. The zero-order valence-electron chi connectivity index (χ0n) is 10.3. The Morgan fingerprint density at radius 3 is 2.72 bits per heavy atom. The number of carbonyl (C=O) groups is 1. The van der Waals surface area contributed by atoms with Crippen molar-refractivity contribution in [1.82, 2.24) is 5.32 Å². The van der Waals surface area contributed by atoms with Crippen LogP contribution in [0, 0.1) is 10.1 Å². The van der Waals surface area contributed by atoms with Gasteiger partial charge in [-0.05, 0) is 19.4 Å². The Morgan fingerprint density at radius 1 is 1.56 bits per heavy atom. The van der Waals surface area contributed by atoms with Crippen molar-refractivity contribution < 1.29 is 9.72 Å². The molecule has 0 saturated heterocycles. The van der Waals surface area contributed by atoms with E-state index in [-0.39, 0.29) is 28.2 Å². The lowest BCUT2D eigenvalue weighted by Gasteiger charge is -2.13. The van der Waals surface area contributed by atoms with Crippen molar-refractivity contribution in [2.45, 2.75) is 32.7 Å². The van der Waals surface area contributed by atoms with Crippen LogP contribution in [0.1, 0.15) is 37.0 Å². The maximum Gasteiger partial charge on any atom is 0.270 e. The average Bonchev–Trinajstić information content (AvgIpc) is 2.28. The maximum atomic E-state index is 11.9. The highest BCUT2D eigenvalue weighted by molar-refractivity contribution is 6.34. The van der Waals surface area contributed by atoms with E-state index in [4.69, 9.17) is 11.6 Å². The average molecular weight is 271 g/mol. The Hall–Kier alpha value is -1.62. The van der Waals surface area contributed by atoms with E-state index in [0.29, 0.717) is 0 Å². The molecule has 98 valence electrons. The molecule has 18 heavy (non-hydrogen) atoms. The maximum absolute atomic E-state index is 11.9. The Morgan fingerprint density at radius 2 is 2.22 bits per heavy atom. The molecule has 1 aromatic carbocycles. The molecule has 5 nitrogen and oxygen atoms in total. The predicted molar refractivity (Wildman–Crippen MR) is 69.9 cm³/mol. The number of amides is 1. The fraction of sp³-hybridized carbons (Fsp3) is 0.417. The van der Waals surface area contributed by atoms with Crippen LogP contribution in [0.25, 0.3) is 0 Å². The van der Waals surface area contributed by atoms with Crippen LogP contribution in [0.4, 0.5) is 5.69 Å². The number of nitrogens with zero attached hydrogens (tertiary/aromatic N) is 1. The molecule has 6 heteroatoms. The first-order valence-electron chi connectivity index (χ1n) is 5.70. The van der Waals surface area contributed by atoms with E-state index in [1.165, 1.54) is 18.2 Å². The summed E-state index contributed by atoms with van der Waals surface area (Å²) in [7, 11) is 0. The van der Waals surface area contributed by atoms with Crippen LogP contribution >= 0.6 is 11.6 Å². The SMILES string of the molecule is CCC[C@@H](C)NC(=O)c1ccc([N+](=O)[O-])cc1Cl. The summed E-state index contributed by atoms with van der Waals surface area (Å²) in [4.78, 5) is 21.9. The summed E-state index contributed by atoms with van der Waals surface area (Å²) in [6.07, 6.45) is 1.84. The highest BCUT2D eigenvalue weighted by atomic mass is 35.5. The number of benzene rings is 1. The van der Waals surface area contributed by atoms with Crippen molar-refractivity contribution >= 4 is 23.2 Å². The van der Waals surface area contributed by atoms with E-state index in [0.717, 1.165) is 12.8 Å². The lowest BCUT2D eigenvalue weighted by molar-refractivity contribution is -0.384. The smallest absolute Gasteiger partial charge is 0.270 e. The van der Waals surface area contributed by atoms with E-state index in [9.17, 15) is 14.9 Å². The number of rotatable bonds is 5. The van der Waals surface area contributed by atoms with Crippen LogP contribution in [0.15, 0.2) is 18.2 Å². The molecule has 0 bridgehead atoms. The predicted octanol–water partition coefficient (Wildman–Crippen LogP) is 3.17. The second-order valence-electron chi connectivity index (χ2n) is 4.08. The zero-order chi connectivity index (χ0) is 13.7. The summed E-state index contributed by atoms with van der Waals surface area (Å²) in [6, 6.07) is 3.87. The third kappa shape index (κ3) is 3.70. The molecule has 1 atom stereocenters. The Kier molecular flexibility index (Phi) is 5.09. The molecule has 0 unspecified atom stereocenters. The van der Waals surface area contributed by atoms with Crippen molar-refractivity contribution in [3.63, 3.8) is 0 Å². The minimum Gasteiger partial charge on any atom is -0.350 e. The van der Waals surface area contributed by atoms with Gasteiger partial charge in [-0.1, -0.05) is 24.9 Å². The van der Waals surface area contributed by atoms with Crippen molar-refractivity contribution in [2.24, 2.45) is 0 Å². The van der Waals surface area contributed by atoms with E-state index in [1.807, 2.05) is 13.8 Å². The van der Waals surface area contributed by atoms with E-state index in [2.05, 4.69) is 5.32 Å². The first kappa shape index (κ1) is 14.4. The molecule has 1 rings (SSSR count). The molecule has 1 aromatic rings. The van der Waals surface area contributed by atoms with Crippen molar-refractivity contribution in [3.05, 3.63) is 38.9 Å². The van der Waals surface area contributed by atoms with Crippen molar-refractivity contribution in [2.75, 3.05) is 0 Å². The monoisotopic (exact) mass is 270 g/mol. The number of hydrogen-bond acceptors (Lipinski definition) is 3. The van der Waals surface area contributed by atoms with Gasteiger partial charge >= 0.3 is 0 Å². The Bertz CT molecular complexity index is 463. The molecule has 0 aliphatic rings. The second kappa shape index (κ2) is 6.35. The Balaban J connectivity index is 2.84. The number of nitrogens with one attached hydrogen (secondary N) is 1. The number of carbonyl (C=O) groups excluding carboxylic acids is 1. The molecular weight excluding hydrogens is 256 g/mol. The van der Waals surface area contributed by atoms with Crippen LogP contribution < -0.4 is 5.32 Å². The molecule has 0 aliphatic carbocycles. The molecule has 0 spiro atoms. The summed E-state index contributed by atoms with van der Waals surface area (Å²) in [5, 5.41) is 13.4. The normalized spacial score (nSPS) is 11.9. The van der Waals surface area contributed by atoms with E-state index < -0.39 is 4.92 Å². The van der Waals surface area contributed by atoms with Gasteiger partial charge in [-0.2, -0.15) is 0 Å². The van der Waals surface area contributed by atoms with Crippen LogP contribution in [0.5, 0.6) is 0 Å². The minimum absolute atomic E-state index is 0.0498. The summed E-state index contributed by atoms with van der Waals surface area (Å²) in [6.45, 7) is 3.93. The number of hydrogen-bond donors (Lipinski definition) is 1. The van der Waals surface area contributed by atoms with Gasteiger partial charge in [0.2, 0.25) is 0 Å². The minimum atomic E-state index is -0.548. The molecule has 0 heterocycles. The van der Waals surface area contributed by atoms with Gasteiger partial charge in [0.05, 0.1) is 15.5 Å². The van der Waals surface area contributed by atoms with Gasteiger partial charge in [-0.3, -0.25) is 14.9 Å².